The highest BCUT2D eigenvalue weighted by Gasteiger charge is 2.29. The summed E-state index contributed by atoms with van der Waals surface area (Å²) in [5, 5.41) is 5.32. The van der Waals surface area contributed by atoms with Crippen molar-refractivity contribution in [2.24, 2.45) is 0 Å². The lowest BCUT2D eigenvalue weighted by molar-refractivity contribution is -0.111. The molecule has 1 N–H and O–H groups in total. The van der Waals surface area contributed by atoms with Gasteiger partial charge in [-0.1, -0.05) is 35.9 Å². The van der Waals surface area contributed by atoms with Gasteiger partial charge in [0.2, 0.25) is 5.91 Å². The van der Waals surface area contributed by atoms with Crippen LogP contribution in [0, 0.1) is 0 Å². The van der Waals surface area contributed by atoms with E-state index in [0.717, 1.165) is 22.0 Å². The summed E-state index contributed by atoms with van der Waals surface area (Å²) in [7, 11) is 0. The van der Waals surface area contributed by atoms with Gasteiger partial charge in [-0.15, -0.1) is 0 Å². The van der Waals surface area contributed by atoms with Crippen LogP contribution in [-0.4, -0.2) is 18.4 Å². The van der Waals surface area contributed by atoms with Crippen molar-refractivity contribution in [1.29, 1.82) is 0 Å². The van der Waals surface area contributed by atoms with E-state index in [1.54, 1.807) is 23.1 Å². The van der Waals surface area contributed by atoms with Crippen molar-refractivity contribution in [1.82, 2.24) is 0 Å². The minimum Gasteiger partial charge on any atom is -0.322 e. The van der Waals surface area contributed by atoms with E-state index in [-0.39, 0.29) is 11.8 Å². The zero-order valence-electron chi connectivity index (χ0n) is 14.7. The number of halogens is 1. The Balaban J connectivity index is 1.64. The Morgan fingerprint density at radius 1 is 1.11 bits per heavy atom. The van der Waals surface area contributed by atoms with Gasteiger partial charge in [-0.05, 0) is 48.9 Å². The number of hydrogen-bond donors (Lipinski definition) is 1. The number of carbonyl (C=O) groups excluding carboxylic acids is 2. The number of nitrogens with one attached hydrogen (secondary N) is 1. The number of nitrogens with zero attached hydrogens (tertiary/aromatic N) is 1. The number of anilines is 2. The second-order valence-corrected chi connectivity index (χ2v) is 6.72. The van der Waals surface area contributed by atoms with Gasteiger partial charge in [-0.3, -0.25) is 9.59 Å². The van der Waals surface area contributed by atoms with Crippen molar-refractivity contribution in [3.8, 4) is 0 Å². The van der Waals surface area contributed by atoms with E-state index in [2.05, 4.69) is 5.32 Å². The van der Waals surface area contributed by atoms with Crippen molar-refractivity contribution < 1.29 is 9.59 Å². The molecule has 4 rings (SSSR count). The standard InChI is InChI=1S/C22H17ClN2O2/c1-2-25-19-12-11-18(16-4-3-5-17(21(16)19)22(25)27)24-20(26)13-8-14-6-9-15(23)10-7-14/h3-13H,2H2,1H3,(H,24,26)/b13-8+. The summed E-state index contributed by atoms with van der Waals surface area (Å²) in [5.74, 6) is -0.230. The molecule has 0 aliphatic carbocycles. The van der Waals surface area contributed by atoms with Crippen molar-refractivity contribution in [3.63, 3.8) is 0 Å². The van der Waals surface area contributed by atoms with Gasteiger partial charge in [-0.25, -0.2) is 0 Å². The Morgan fingerprint density at radius 3 is 2.63 bits per heavy atom. The average Bonchev–Trinajstić information content (AvgIpc) is 2.96. The fourth-order valence-electron chi connectivity index (χ4n) is 3.39. The fraction of sp³-hybridized carbons (Fsp3) is 0.0909. The van der Waals surface area contributed by atoms with Crippen LogP contribution in [0.25, 0.3) is 16.8 Å². The molecule has 134 valence electrons. The zero-order valence-corrected chi connectivity index (χ0v) is 15.5. The molecule has 0 atom stereocenters. The Morgan fingerprint density at radius 2 is 1.89 bits per heavy atom. The largest absolute Gasteiger partial charge is 0.322 e. The lowest BCUT2D eigenvalue weighted by atomic mass is 10.0. The molecule has 2 amide bonds. The Hall–Kier alpha value is -3.11. The third-order valence-electron chi connectivity index (χ3n) is 4.66. The molecule has 27 heavy (non-hydrogen) atoms. The molecule has 3 aromatic rings. The van der Waals surface area contributed by atoms with Crippen LogP contribution in [0.1, 0.15) is 22.8 Å². The quantitative estimate of drug-likeness (QED) is 0.642. The minimum absolute atomic E-state index is 0.00390. The Labute approximate surface area is 162 Å². The van der Waals surface area contributed by atoms with Gasteiger partial charge in [-0.2, -0.15) is 0 Å². The molecule has 0 saturated carbocycles. The van der Waals surface area contributed by atoms with E-state index in [1.165, 1.54) is 6.08 Å². The third-order valence-corrected chi connectivity index (χ3v) is 4.91. The van der Waals surface area contributed by atoms with E-state index in [0.29, 0.717) is 22.8 Å². The van der Waals surface area contributed by atoms with E-state index in [4.69, 9.17) is 11.6 Å². The molecule has 5 heteroatoms. The van der Waals surface area contributed by atoms with Crippen molar-refractivity contribution in [3.05, 3.63) is 76.8 Å². The molecule has 1 heterocycles. The van der Waals surface area contributed by atoms with Crippen LogP contribution in [0.2, 0.25) is 5.02 Å². The third kappa shape index (κ3) is 3.09. The van der Waals surface area contributed by atoms with Crippen LogP contribution in [0.15, 0.2) is 60.7 Å². The highest BCUT2D eigenvalue weighted by atomic mass is 35.5. The van der Waals surface area contributed by atoms with Gasteiger partial charge >= 0.3 is 0 Å². The molecule has 0 radical (unpaired) electrons. The van der Waals surface area contributed by atoms with Gasteiger partial charge in [0, 0.05) is 39.7 Å². The Bertz CT molecular complexity index is 1090. The highest BCUT2D eigenvalue weighted by Crippen LogP contribution is 2.40. The average molecular weight is 377 g/mol. The summed E-state index contributed by atoms with van der Waals surface area (Å²) in [5.41, 5.74) is 3.14. The monoisotopic (exact) mass is 376 g/mol. The second-order valence-electron chi connectivity index (χ2n) is 6.28. The van der Waals surface area contributed by atoms with E-state index in [9.17, 15) is 9.59 Å². The molecule has 0 aromatic heterocycles. The predicted octanol–water partition coefficient (Wildman–Crippen LogP) is 5.13. The molecule has 4 nitrogen and oxygen atoms in total. The summed E-state index contributed by atoms with van der Waals surface area (Å²) in [6, 6.07) is 16.6. The molecule has 0 saturated heterocycles. The van der Waals surface area contributed by atoms with Gasteiger partial charge < -0.3 is 10.2 Å². The topological polar surface area (TPSA) is 49.4 Å². The van der Waals surface area contributed by atoms with Gasteiger partial charge in [0.05, 0.1) is 5.69 Å². The van der Waals surface area contributed by atoms with Crippen LogP contribution in [0.4, 0.5) is 11.4 Å². The molecule has 1 aliphatic heterocycles. The first-order chi connectivity index (χ1) is 13.1. The zero-order chi connectivity index (χ0) is 19.0. The SMILES string of the molecule is CCN1C(=O)c2cccc3c(NC(=O)/C=C/c4ccc(Cl)cc4)ccc1c23. The summed E-state index contributed by atoms with van der Waals surface area (Å²) in [4.78, 5) is 26.7. The maximum Gasteiger partial charge on any atom is 0.258 e. The lowest BCUT2D eigenvalue weighted by Gasteiger charge is -2.15. The summed E-state index contributed by atoms with van der Waals surface area (Å²) in [6.07, 6.45) is 3.21. The maximum absolute atomic E-state index is 12.5. The van der Waals surface area contributed by atoms with Gasteiger partial charge in [0.1, 0.15) is 0 Å². The molecule has 0 spiro atoms. The summed E-state index contributed by atoms with van der Waals surface area (Å²) < 4.78 is 0. The first-order valence-corrected chi connectivity index (χ1v) is 9.08. The molecule has 0 bridgehead atoms. The van der Waals surface area contributed by atoms with E-state index >= 15 is 0 Å². The van der Waals surface area contributed by atoms with Crippen molar-refractivity contribution in [2.45, 2.75) is 6.92 Å². The molecule has 3 aromatic carbocycles. The van der Waals surface area contributed by atoms with Crippen LogP contribution in [0.5, 0.6) is 0 Å². The highest BCUT2D eigenvalue weighted by molar-refractivity contribution is 6.30. The number of rotatable bonds is 4. The van der Waals surface area contributed by atoms with Crippen molar-refractivity contribution in [2.75, 3.05) is 16.8 Å². The summed E-state index contributed by atoms with van der Waals surface area (Å²) in [6.45, 7) is 2.56. The van der Waals surface area contributed by atoms with Crippen LogP contribution >= 0.6 is 11.6 Å². The van der Waals surface area contributed by atoms with E-state index in [1.807, 2.05) is 49.4 Å². The van der Waals surface area contributed by atoms with Gasteiger partial charge in [0.15, 0.2) is 0 Å². The number of carbonyl (C=O) groups is 2. The van der Waals surface area contributed by atoms with Crippen molar-refractivity contribution >= 4 is 51.6 Å². The lowest BCUT2D eigenvalue weighted by Crippen LogP contribution is -2.25. The molecule has 0 unspecified atom stereocenters. The normalized spacial score (nSPS) is 13.0. The number of amides is 2. The number of hydrogen-bond acceptors (Lipinski definition) is 2. The van der Waals surface area contributed by atoms with Crippen LogP contribution < -0.4 is 10.2 Å². The number of benzene rings is 3. The first kappa shape index (κ1) is 17.3. The van der Waals surface area contributed by atoms with Gasteiger partial charge in [0.25, 0.3) is 5.91 Å². The molecular weight excluding hydrogens is 360 g/mol. The molecular formula is C22H17ClN2O2. The molecule has 0 fully saturated rings. The predicted molar refractivity (Wildman–Crippen MR) is 110 cm³/mol. The van der Waals surface area contributed by atoms with Crippen LogP contribution in [-0.2, 0) is 4.79 Å². The fourth-order valence-corrected chi connectivity index (χ4v) is 3.52. The molecule has 1 aliphatic rings. The Kier molecular flexibility index (Phi) is 4.42. The first-order valence-electron chi connectivity index (χ1n) is 8.70. The van der Waals surface area contributed by atoms with Crippen LogP contribution in [0.3, 0.4) is 0 Å². The second kappa shape index (κ2) is 6.89. The van der Waals surface area contributed by atoms with E-state index < -0.39 is 0 Å². The minimum atomic E-state index is -0.234. The summed E-state index contributed by atoms with van der Waals surface area (Å²) >= 11 is 5.87. The smallest absolute Gasteiger partial charge is 0.258 e. The maximum atomic E-state index is 12.5.